The van der Waals surface area contributed by atoms with Crippen LogP contribution in [0.3, 0.4) is 0 Å². The third-order valence-electron chi connectivity index (χ3n) is 7.46. The Balaban J connectivity index is 1.28. The van der Waals surface area contributed by atoms with Gasteiger partial charge in [-0.05, 0) is 61.4 Å². The molecule has 2 fully saturated rings. The number of carbonyl (C=O) groups excluding carboxylic acids is 2. The molecule has 0 bridgehead atoms. The number of carbonyl (C=O) groups is 2. The number of hydrogen-bond donors (Lipinski definition) is 7. The SMILES string of the molecule is N[C@@H]1C[C@H](N)CN(c2nc(Nc3ccc(C(=O)CC(=O)Nc4ccc(S(N)(=O)=O)cc4)cc3)nc(N3C[C@H](N)C[C@H](N)C3)n2)C1. The Morgan fingerprint density at radius 1 is 0.733 bits per heavy atom. The maximum absolute atomic E-state index is 12.8. The minimum Gasteiger partial charge on any atom is -0.338 e. The topological polar surface area (TPSA) is 268 Å². The zero-order chi connectivity index (χ0) is 32.3. The summed E-state index contributed by atoms with van der Waals surface area (Å²) in [6.45, 7) is 2.17. The molecule has 0 aliphatic carbocycles. The molecule has 12 N–H and O–H groups in total. The van der Waals surface area contributed by atoms with E-state index in [4.69, 9.17) is 33.1 Å². The molecule has 2 aliphatic rings. The quantitative estimate of drug-likeness (QED) is 0.112. The lowest BCUT2D eigenvalue weighted by Crippen LogP contribution is -2.54. The van der Waals surface area contributed by atoms with Gasteiger partial charge in [0.05, 0.1) is 11.3 Å². The van der Waals surface area contributed by atoms with Crippen LogP contribution < -0.4 is 48.5 Å². The molecule has 3 heterocycles. The Morgan fingerprint density at radius 2 is 1.20 bits per heavy atom. The van der Waals surface area contributed by atoms with Gasteiger partial charge in [0.1, 0.15) is 0 Å². The standard InChI is InChI=1S/C28H38N12O4S/c29-17-9-18(30)13-39(12-17)27-36-26(37-28(38-27)40-14-19(31)10-20(32)15-40)35-22-3-1-16(2-4-22)24(41)11-25(42)34-21-5-7-23(8-6-21)45(33,43)44/h1-8,17-20H,9-15,29-32H2,(H,34,42)(H2,33,43,44)(H,35,36,37,38)/t17-,18+,19-,20+. The summed E-state index contributed by atoms with van der Waals surface area (Å²) < 4.78 is 22.8. The highest BCUT2D eigenvalue weighted by atomic mass is 32.2. The van der Waals surface area contributed by atoms with E-state index >= 15 is 0 Å². The molecule has 2 aromatic carbocycles. The van der Waals surface area contributed by atoms with Crippen LogP contribution in [0.1, 0.15) is 29.6 Å². The summed E-state index contributed by atoms with van der Waals surface area (Å²) in [5.41, 5.74) is 26.2. The molecule has 0 spiro atoms. The van der Waals surface area contributed by atoms with E-state index in [9.17, 15) is 18.0 Å². The molecule has 2 aliphatic heterocycles. The van der Waals surface area contributed by atoms with Gasteiger partial charge < -0.3 is 43.4 Å². The van der Waals surface area contributed by atoms with Crippen molar-refractivity contribution in [2.75, 3.05) is 46.6 Å². The highest BCUT2D eigenvalue weighted by molar-refractivity contribution is 7.89. The molecule has 17 heteroatoms. The number of hydrogen-bond acceptors (Lipinski definition) is 14. The van der Waals surface area contributed by atoms with Crippen LogP contribution >= 0.6 is 0 Å². The van der Waals surface area contributed by atoms with Gasteiger partial charge in [0, 0.05) is 67.3 Å². The number of nitrogens with one attached hydrogen (secondary N) is 2. The maximum atomic E-state index is 12.8. The summed E-state index contributed by atoms with van der Waals surface area (Å²) in [6, 6.07) is 11.4. The molecule has 45 heavy (non-hydrogen) atoms. The summed E-state index contributed by atoms with van der Waals surface area (Å²) in [5.74, 6) is 0.184. The van der Waals surface area contributed by atoms with Gasteiger partial charge in [-0.3, -0.25) is 9.59 Å². The second kappa shape index (κ2) is 13.4. The van der Waals surface area contributed by atoms with E-state index in [1.165, 1.54) is 24.3 Å². The summed E-state index contributed by atoms with van der Waals surface area (Å²) in [6.07, 6.45) is 0.997. The normalized spacial score (nSPS) is 22.2. The molecule has 240 valence electrons. The van der Waals surface area contributed by atoms with E-state index in [0.717, 1.165) is 0 Å². The van der Waals surface area contributed by atoms with Gasteiger partial charge in [0.25, 0.3) is 0 Å². The Labute approximate surface area is 260 Å². The predicted octanol–water partition coefficient (Wildman–Crippen LogP) is -0.796. The molecule has 1 amide bonds. The number of piperidine rings is 2. The molecule has 1 aromatic heterocycles. The van der Waals surface area contributed by atoms with Gasteiger partial charge in [-0.2, -0.15) is 15.0 Å². The number of rotatable bonds is 9. The number of amides is 1. The predicted molar refractivity (Wildman–Crippen MR) is 171 cm³/mol. The number of ketones is 1. The van der Waals surface area contributed by atoms with Crippen LogP contribution in [0.25, 0.3) is 0 Å². The monoisotopic (exact) mass is 638 g/mol. The van der Waals surface area contributed by atoms with Crippen LogP contribution in [-0.2, 0) is 14.8 Å². The fraction of sp³-hybridized carbons (Fsp3) is 0.393. The maximum Gasteiger partial charge on any atom is 0.238 e. The van der Waals surface area contributed by atoms with Crippen molar-refractivity contribution in [3.8, 4) is 0 Å². The Bertz CT molecular complexity index is 1570. The van der Waals surface area contributed by atoms with E-state index in [1.807, 2.05) is 9.80 Å². The van der Waals surface area contributed by atoms with Gasteiger partial charge in [-0.15, -0.1) is 0 Å². The number of aromatic nitrogens is 3. The first-order chi connectivity index (χ1) is 21.3. The number of Topliss-reactive ketones (excluding diaryl/α,β-unsaturated/α-hetero) is 1. The number of nitrogens with zero attached hydrogens (tertiary/aromatic N) is 5. The lowest BCUT2D eigenvalue weighted by Gasteiger charge is -2.37. The van der Waals surface area contributed by atoms with Gasteiger partial charge in [-0.25, -0.2) is 13.6 Å². The number of sulfonamides is 1. The van der Waals surface area contributed by atoms with Crippen LogP contribution in [0.2, 0.25) is 0 Å². The van der Waals surface area contributed by atoms with Gasteiger partial charge in [-0.1, -0.05) is 0 Å². The lowest BCUT2D eigenvalue weighted by atomic mass is 10.0. The largest absolute Gasteiger partial charge is 0.338 e. The second-order valence-corrected chi connectivity index (χ2v) is 13.1. The highest BCUT2D eigenvalue weighted by Gasteiger charge is 2.29. The van der Waals surface area contributed by atoms with Crippen molar-refractivity contribution in [1.29, 1.82) is 0 Å². The average molecular weight is 639 g/mol. The van der Waals surface area contributed by atoms with Crippen LogP contribution in [0.4, 0.5) is 29.2 Å². The van der Waals surface area contributed by atoms with E-state index in [-0.39, 0.29) is 35.0 Å². The van der Waals surface area contributed by atoms with Crippen LogP contribution in [0, 0.1) is 0 Å². The first-order valence-electron chi connectivity index (χ1n) is 14.4. The molecule has 5 rings (SSSR count). The third kappa shape index (κ3) is 8.47. The molecular formula is C28H38N12O4S. The van der Waals surface area contributed by atoms with E-state index in [0.29, 0.717) is 67.9 Å². The smallest absolute Gasteiger partial charge is 0.238 e. The van der Waals surface area contributed by atoms with E-state index in [2.05, 4.69) is 20.6 Å². The van der Waals surface area contributed by atoms with Crippen LogP contribution in [0.15, 0.2) is 53.4 Å². The Hall–Kier alpha value is -4.26. The van der Waals surface area contributed by atoms with E-state index < -0.39 is 28.1 Å². The van der Waals surface area contributed by atoms with Crippen molar-refractivity contribution in [3.05, 3.63) is 54.1 Å². The van der Waals surface area contributed by atoms with Crippen LogP contribution in [0.5, 0.6) is 0 Å². The zero-order valence-electron chi connectivity index (χ0n) is 24.5. The first kappa shape index (κ1) is 32.1. The Kier molecular flexibility index (Phi) is 9.56. The number of nitrogens with two attached hydrogens (primary N) is 5. The van der Waals surface area contributed by atoms with Crippen LogP contribution in [-0.4, -0.2) is 85.4 Å². The third-order valence-corrected chi connectivity index (χ3v) is 8.39. The van der Waals surface area contributed by atoms with Crippen molar-refractivity contribution >= 4 is 50.9 Å². The molecule has 0 radical (unpaired) electrons. The minimum absolute atomic E-state index is 0.0883. The number of anilines is 5. The summed E-state index contributed by atoms with van der Waals surface area (Å²) in [7, 11) is -3.86. The summed E-state index contributed by atoms with van der Waals surface area (Å²) in [4.78, 5) is 43.0. The average Bonchev–Trinajstić information content (AvgIpc) is 2.96. The minimum atomic E-state index is -3.86. The Morgan fingerprint density at radius 3 is 1.67 bits per heavy atom. The van der Waals surface area contributed by atoms with Gasteiger partial charge in [0.2, 0.25) is 33.8 Å². The second-order valence-electron chi connectivity index (χ2n) is 11.5. The lowest BCUT2D eigenvalue weighted by molar-refractivity contribution is -0.115. The molecule has 2 saturated heterocycles. The fourth-order valence-electron chi connectivity index (χ4n) is 5.43. The van der Waals surface area contributed by atoms with Gasteiger partial charge in [0.15, 0.2) is 5.78 Å². The fourth-order valence-corrected chi connectivity index (χ4v) is 5.94. The van der Waals surface area contributed by atoms with E-state index in [1.54, 1.807) is 24.3 Å². The molecular weight excluding hydrogens is 600 g/mol. The van der Waals surface area contributed by atoms with Crippen molar-refractivity contribution in [2.24, 2.45) is 28.1 Å². The first-order valence-corrected chi connectivity index (χ1v) is 16.0. The highest BCUT2D eigenvalue weighted by Crippen LogP contribution is 2.24. The van der Waals surface area contributed by atoms with Crippen molar-refractivity contribution in [1.82, 2.24) is 15.0 Å². The summed E-state index contributed by atoms with van der Waals surface area (Å²) in [5, 5.41) is 10.8. The molecule has 3 aromatic rings. The van der Waals surface area contributed by atoms with Crippen molar-refractivity contribution < 1.29 is 18.0 Å². The number of primary sulfonamides is 1. The molecule has 0 unspecified atom stereocenters. The molecule has 16 nitrogen and oxygen atoms in total. The van der Waals surface area contributed by atoms with Crippen molar-refractivity contribution in [2.45, 2.75) is 48.3 Å². The summed E-state index contributed by atoms with van der Waals surface area (Å²) >= 11 is 0. The molecule has 0 saturated carbocycles. The molecule has 4 atom stereocenters. The zero-order valence-corrected chi connectivity index (χ0v) is 25.4. The van der Waals surface area contributed by atoms with Crippen molar-refractivity contribution in [3.63, 3.8) is 0 Å². The number of benzene rings is 2. The van der Waals surface area contributed by atoms with Gasteiger partial charge >= 0.3 is 0 Å².